The molecule has 3 N–H and O–H groups in total. The first kappa shape index (κ1) is 15.1. The summed E-state index contributed by atoms with van der Waals surface area (Å²) in [5.41, 5.74) is 0.729. The molecule has 0 unspecified atom stereocenters. The summed E-state index contributed by atoms with van der Waals surface area (Å²) < 4.78 is 0. The van der Waals surface area contributed by atoms with Crippen molar-refractivity contribution >= 4 is 23.8 Å². The molecule has 0 saturated carbocycles. The number of aliphatic carboxylic acids is 2. The fourth-order valence-electron chi connectivity index (χ4n) is 1.20. The summed E-state index contributed by atoms with van der Waals surface area (Å²) in [4.78, 5) is 47.9. The van der Waals surface area contributed by atoms with Gasteiger partial charge in [0.2, 0.25) is 0 Å². The summed E-state index contributed by atoms with van der Waals surface area (Å²) in [6.45, 7) is 0. The summed E-state index contributed by atoms with van der Waals surface area (Å²) in [7, 11) is 0. The summed E-state index contributed by atoms with van der Waals surface area (Å²) in [5.74, 6) is -3.43. The lowest BCUT2D eigenvalue weighted by Gasteiger charge is -2.12. The molecule has 0 fully saturated rings. The average Bonchev–Trinajstić information content (AvgIpc) is 2.43. The van der Waals surface area contributed by atoms with E-state index in [1.54, 1.807) is 23.7 Å². The Morgan fingerprint density at radius 1 is 1.15 bits per heavy atom. The van der Waals surface area contributed by atoms with Crippen LogP contribution >= 0.6 is 0 Å². The molecule has 1 rings (SSSR count). The van der Waals surface area contributed by atoms with Crippen molar-refractivity contribution in [2.45, 2.75) is 6.04 Å². The van der Waals surface area contributed by atoms with E-state index in [-0.39, 0.29) is 5.56 Å². The van der Waals surface area contributed by atoms with E-state index in [0.29, 0.717) is 0 Å². The van der Waals surface area contributed by atoms with Crippen molar-refractivity contribution < 1.29 is 34.2 Å². The molecule has 0 radical (unpaired) electrons. The van der Waals surface area contributed by atoms with Gasteiger partial charge in [0.15, 0.2) is 11.6 Å². The van der Waals surface area contributed by atoms with Gasteiger partial charge in [0.05, 0.1) is 5.56 Å². The van der Waals surface area contributed by atoms with Crippen LogP contribution in [0.1, 0.15) is 10.4 Å². The van der Waals surface area contributed by atoms with E-state index in [0.717, 1.165) is 5.94 Å². The van der Waals surface area contributed by atoms with Gasteiger partial charge in [-0.2, -0.15) is 0 Å². The van der Waals surface area contributed by atoms with Crippen molar-refractivity contribution in [2.75, 3.05) is 0 Å². The fraction of sp³-hybridized carbons (Fsp3) is 0.0833. The van der Waals surface area contributed by atoms with Crippen LogP contribution in [0.5, 0.6) is 0 Å². The van der Waals surface area contributed by atoms with Crippen LogP contribution in [0.4, 0.5) is 0 Å². The van der Waals surface area contributed by atoms with Gasteiger partial charge < -0.3 is 15.1 Å². The average molecular weight is 279 g/mol. The number of benzene rings is 1. The Morgan fingerprint density at radius 3 is 2.20 bits per heavy atom. The van der Waals surface area contributed by atoms with E-state index in [2.05, 4.69) is 4.84 Å². The highest BCUT2D eigenvalue weighted by Gasteiger charge is 2.30. The minimum absolute atomic E-state index is 0.121. The van der Waals surface area contributed by atoms with Gasteiger partial charge in [0.25, 0.3) is 0 Å². The zero-order valence-corrected chi connectivity index (χ0v) is 9.90. The van der Waals surface area contributed by atoms with Gasteiger partial charge in [-0.15, -0.1) is 5.48 Å². The van der Waals surface area contributed by atoms with Gasteiger partial charge in [-0.1, -0.05) is 18.2 Å². The Hall–Kier alpha value is -2.96. The predicted octanol–water partition coefficient (Wildman–Crippen LogP) is -0.356. The largest absolute Gasteiger partial charge is 0.480 e. The number of rotatable bonds is 6. The van der Waals surface area contributed by atoms with Crippen LogP contribution in [0.3, 0.4) is 0 Å². The number of carboxylic acids is 2. The number of hydrogen-bond donors (Lipinski definition) is 3. The van der Waals surface area contributed by atoms with E-state index in [1.165, 1.54) is 12.1 Å². The summed E-state index contributed by atoms with van der Waals surface area (Å²) in [6.07, 6.45) is 0. The molecule has 1 aromatic carbocycles. The molecule has 104 valence electrons. The van der Waals surface area contributed by atoms with E-state index in [9.17, 15) is 19.2 Å². The molecule has 0 aliphatic rings. The SMILES string of the molecule is O=C=C(C(=O)O)[C@H](NOC(=O)c1ccccc1)C(=O)O. The van der Waals surface area contributed by atoms with Crippen molar-refractivity contribution in [1.29, 1.82) is 0 Å². The summed E-state index contributed by atoms with van der Waals surface area (Å²) >= 11 is 0. The molecule has 8 heteroatoms. The third-order valence-electron chi connectivity index (χ3n) is 2.15. The zero-order chi connectivity index (χ0) is 15.1. The number of carbonyl (C=O) groups is 3. The standard InChI is InChI=1S/C12H9NO7/c14-6-8(10(15)16)9(11(17)18)13-20-12(19)7-4-2-1-3-5-7/h1-5,9,13H,(H,15,16)(H,17,18)/t9-/m0/s1. The van der Waals surface area contributed by atoms with E-state index in [4.69, 9.17) is 10.2 Å². The van der Waals surface area contributed by atoms with Crippen LogP contribution in [0.25, 0.3) is 0 Å². The number of carboxylic acid groups (broad SMARTS) is 2. The number of carbonyl (C=O) groups excluding carboxylic acids is 2. The smallest absolute Gasteiger partial charge is 0.356 e. The maximum absolute atomic E-state index is 11.5. The molecule has 0 aromatic heterocycles. The first-order valence-electron chi connectivity index (χ1n) is 5.20. The topological polar surface area (TPSA) is 130 Å². The van der Waals surface area contributed by atoms with Crippen molar-refractivity contribution in [3.05, 3.63) is 41.5 Å². The van der Waals surface area contributed by atoms with Gasteiger partial charge in [-0.3, -0.25) is 0 Å². The van der Waals surface area contributed by atoms with Gasteiger partial charge in [-0.05, 0) is 12.1 Å². The lowest BCUT2D eigenvalue weighted by Crippen LogP contribution is -2.42. The van der Waals surface area contributed by atoms with Gasteiger partial charge in [-0.25, -0.2) is 19.2 Å². The van der Waals surface area contributed by atoms with Gasteiger partial charge in [0.1, 0.15) is 5.94 Å². The van der Waals surface area contributed by atoms with Crippen molar-refractivity contribution in [2.24, 2.45) is 0 Å². The Kier molecular flexibility index (Phi) is 5.16. The first-order valence-corrected chi connectivity index (χ1v) is 5.20. The molecule has 1 aromatic rings. The van der Waals surface area contributed by atoms with Crippen LogP contribution in [0.2, 0.25) is 0 Å². The molecule has 0 spiro atoms. The van der Waals surface area contributed by atoms with Gasteiger partial charge >= 0.3 is 17.9 Å². The van der Waals surface area contributed by atoms with Crippen molar-refractivity contribution in [1.82, 2.24) is 5.48 Å². The fourth-order valence-corrected chi connectivity index (χ4v) is 1.20. The minimum Gasteiger partial charge on any atom is -0.480 e. The molecule has 8 nitrogen and oxygen atoms in total. The van der Waals surface area contributed by atoms with Crippen LogP contribution in [0, 0.1) is 0 Å². The van der Waals surface area contributed by atoms with E-state index < -0.39 is 29.5 Å². The van der Waals surface area contributed by atoms with Crippen LogP contribution in [-0.4, -0.2) is 40.1 Å². The molecule has 0 bridgehead atoms. The van der Waals surface area contributed by atoms with Crippen LogP contribution in [-0.2, 0) is 19.2 Å². The Bertz CT molecular complexity index is 575. The molecular weight excluding hydrogens is 270 g/mol. The highest BCUT2D eigenvalue weighted by molar-refractivity contribution is 6.03. The molecule has 20 heavy (non-hydrogen) atoms. The monoisotopic (exact) mass is 279 g/mol. The molecule has 0 aliphatic heterocycles. The van der Waals surface area contributed by atoms with E-state index in [1.807, 2.05) is 0 Å². The normalized spacial score (nSPS) is 11.0. The molecule has 0 aliphatic carbocycles. The lowest BCUT2D eigenvalue weighted by atomic mass is 10.1. The van der Waals surface area contributed by atoms with E-state index >= 15 is 0 Å². The van der Waals surface area contributed by atoms with Gasteiger partial charge in [0, 0.05) is 0 Å². The minimum atomic E-state index is -2.02. The third kappa shape index (κ3) is 3.77. The van der Waals surface area contributed by atoms with Crippen LogP contribution in [0.15, 0.2) is 35.9 Å². The molecule has 0 heterocycles. The predicted molar refractivity (Wildman–Crippen MR) is 63.3 cm³/mol. The Balaban J connectivity index is 2.79. The quantitative estimate of drug-likeness (QED) is 0.366. The lowest BCUT2D eigenvalue weighted by molar-refractivity contribution is -0.144. The highest BCUT2D eigenvalue weighted by Crippen LogP contribution is 2.03. The van der Waals surface area contributed by atoms with Crippen molar-refractivity contribution in [3.63, 3.8) is 0 Å². The molecular formula is C12H9NO7. The second-order valence-electron chi connectivity index (χ2n) is 3.47. The summed E-state index contributed by atoms with van der Waals surface area (Å²) in [5, 5.41) is 17.4. The molecule has 1 atom stereocenters. The second-order valence-corrected chi connectivity index (χ2v) is 3.47. The summed E-state index contributed by atoms with van der Waals surface area (Å²) in [6, 6.07) is 5.57. The Labute approximate surface area is 112 Å². The zero-order valence-electron chi connectivity index (χ0n) is 9.90. The highest BCUT2D eigenvalue weighted by atomic mass is 16.7. The van der Waals surface area contributed by atoms with Crippen LogP contribution < -0.4 is 5.48 Å². The molecule has 0 amide bonds. The number of hydroxylamine groups is 1. The molecule has 0 saturated heterocycles. The first-order chi connectivity index (χ1) is 9.47. The maximum Gasteiger partial charge on any atom is 0.356 e. The Morgan fingerprint density at radius 2 is 1.75 bits per heavy atom. The third-order valence-corrected chi connectivity index (χ3v) is 2.15. The van der Waals surface area contributed by atoms with Crippen molar-refractivity contribution in [3.8, 4) is 0 Å². The number of hydrogen-bond acceptors (Lipinski definition) is 6. The number of nitrogens with one attached hydrogen (secondary N) is 1. The maximum atomic E-state index is 11.5. The second kappa shape index (κ2) is 6.83.